The van der Waals surface area contributed by atoms with Crippen LogP contribution in [0.25, 0.3) is 0 Å². The summed E-state index contributed by atoms with van der Waals surface area (Å²) in [6.45, 7) is 7.26. The minimum atomic E-state index is 0.259. The fraction of sp³-hybridized carbons (Fsp3) is 0.650. The molecule has 0 heterocycles. The molecule has 136 valence electrons. The second-order valence-corrected chi connectivity index (χ2v) is 6.61. The number of nitrogens with one attached hydrogen (secondary N) is 2. The molecule has 1 aromatic carbocycles. The molecular weight excluding hydrogens is 296 g/mol. The topological polar surface area (TPSA) is 39.7 Å². The van der Waals surface area contributed by atoms with Crippen molar-refractivity contribution in [1.82, 2.24) is 15.5 Å². The largest absolute Gasteiger partial charge is 0.357 e. The van der Waals surface area contributed by atoms with Crippen LogP contribution >= 0.6 is 0 Å². The van der Waals surface area contributed by atoms with E-state index in [4.69, 9.17) is 4.99 Å². The summed E-state index contributed by atoms with van der Waals surface area (Å²) in [6.07, 6.45) is 6.37. The van der Waals surface area contributed by atoms with Gasteiger partial charge in [-0.25, -0.2) is 0 Å². The Morgan fingerprint density at radius 1 is 1.04 bits per heavy atom. The van der Waals surface area contributed by atoms with E-state index in [9.17, 15) is 0 Å². The van der Waals surface area contributed by atoms with Gasteiger partial charge in [-0.2, -0.15) is 0 Å². The Bertz CT molecular complexity index is 442. The number of benzene rings is 1. The summed E-state index contributed by atoms with van der Waals surface area (Å²) in [5.74, 6) is 0.918. The Morgan fingerprint density at radius 3 is 2.38 bits per heavy atom. The van der Waals surface area contributed by atoms with Crippen LogP contribution in [0, 0.1) is 0 Å². The van der Waals surface area contributed by atoms with Crippen LogP contribution in [0.2, 0.25) is 0 Å². The summed E-state index contributed by atoms with van der Waals surface area (Å²) in [4.78, 5) is 6.97. The van der Waals surface area contributed by atoms with Gasteiger partial charge < -0.3 is 15.5 Å². The number of hydrogen-bond acceptors (Lipinski definition) is 2. The third kappa shape index (κ3) is 9.56. The Morgan fingerprint density at radius 2 is 1.71 bits per heavy atom. The third-order valence-electron chi connectivity index (χ3n) is 4.03. The quantitative estimate of drug-likeness (QED) is 0.368. The molecule has 1 rings (SSSR count). The molecule has 0 aromatic heterocycles. The van der Waals surface area contributed by atoms with Gasteiger partial charge in [-0.05, 0) is 52.9 Å². The Labute approximate surface area is 148 Å². The summed E-state index contributed by atoms with van der Waals surface area (Å²) < 4.78 is 0. The predicted molar refractivity (Wildman–Crippen MR) is 106 cm³/mol. The molecule has 0 bridgehead atoms. The van der Waals surface area contributed by atoms with Crippen LogP contribution in [0.1, 0.15) is 57.6 Å². The highest BCUT2D eigenvalue weighted by molar-refractivity contribution is 5.80. The van der Waals surface area contributed by atoms with Crippen LogP contribution in [0.3, 0.4) is 0 Å². The highest BCUT2D eigenvalue weighted by atomic mass is 15.2. The molecule has 0 radical (unpaired) electrons. The van der Waals surface area contributed by atoms with Gasteiger partial charge in [0.15, 0.2) is 5.96 Å². The van der Waals surface area contributed by atoms with Crippen LogP contribution < -0.4 is 10.6 Å². The van der Waals surface area contributed by atoms with Crippen LogP contribution in [-0.4, -0.2) is 44.6 Å². The summed E-state index contributed by atoms with van der Waals surface area (Å²) in [6, 6.07) is 10.8. The molecule has 1 atom stereocenters. The van der Waals surface area contributed by atoms with Gasteiger partial charge in [-0.15, -0.1) is 0 Å². The van der Waals surface area contributed by atoms with E-state index in [0.29, 0.717) is 0 Å². The van der Waals surface area contributed by atoms with E-state index >= 15 is 0 Å². The van der Waals surface area contributed by atoms with E-state index in [0.717, 1.165) is 25.5 Å². The van der Waals surface area contributed by atoms with Crippen LogP contribution in [0.15, 0.2) is 35.3 Å². The average molecular weight is 333 g/mol. The van der Waals surface area contributed by atoms with E-state index in [1.165, 1.54) is 37.8 Å². The minimum Gasteiger partial charge on any atom is -0.357 e. The molecule has 2 N–H and O–H groups in total. The van der Waals surface area contributed by atoms with Crippen molar-refractivity contribution in [3.05, 3.63) is 35.9 Å². The third-order valence-corrected chi connectivity index (χ3v) is 4.03. The highest BCUT2D eigenvalue weighted by Gasteiger charge is 2.06. The first-order valence-electron chi connectivity index (χ1n) is 9.38. The summed E-state index contributed by atoms with van der Waals surface area (Å²) in [5, 5.41) is 6.83. The van der Waals surface area contributed by atoms with Crippen molar-refractivity contribution in [3.8, 4) is 0 Å². The number of nitrogens with zero attached hydrogens (tertiary/aromatic N) is 2. The smallest absolute Gasteiger partial charge is 0.191 e. The van der Waals surface area contributed by atoms with Crippen molar-refractivity contribution < 1.29 is 0 Å². The Balaban J connectivity index is 2.27. The molecule has 0 spiro atoms. The van der Waals surface area contributed by atoms with E-state index in [-0.39, 0.29) is 6.04 Å². The number of aliphatic imine (C=N–C) groups is 1. The zero-order valence-corrected chi connectivity index (χ0v) is 16.0. The molecule has 1 aromatic rings. The van der Waals surface area contributed by atoms with Crippen LogP contribution in [0.4, 0.5) is 0 Å². The van der Waals surface area contributed by atoms with Crippen molar-refractivity contribution in [2.24, 2.45) is 4.99 Å². The van der Waals surface area contributed by atoms with E-state index in [1.54, 1.807) is 0 Å². The number of rotatable bonds is 11. The van der Waals surface area contributed by atoms with Gasteiger partial charge in [0.1, 0.15) is 0 Å². The van der Waals surface area contributed by atoms with Crippen molar-refractivity contribution in [2.45, 2.75) is 52.0 Å². The predicted octanol–water partition coefficient (Wildman–Crippen LogP) is 3.81. The summed E-state index contributed by atoms with van der Waals surface area (Å²) in [5.41, 5.74) is 1.28. The standard InChI is InChI=1S/C20H36N4/c1-5-21-20(23-18(2)19-14-10-9-11-15-19)22-16-12-7-6-8-13-17-24(3)4/h9-11,14-15,18H,5-8,12-13,16-17H2,1-4H3,(H2,21,22,23). The first kappa shape index (κ1) is 20.5. The minimum absolute atomic E-state index is 0.259. The van der Waals surface area contributed by atoms with Crippen molar-refractivity contribution >= 4 is 5.96 Å². The van der Waals surface area contributed by atoms with Crippen molar-refractivity contribution in [3.63, 3.8) is 0 Å². The molecule has 0 amide bonds. The molecule has 4 heteroatoms. The lowest BCUT2D eigenvalue weighted by molar-refractivity contribution is 0.390. The number of hydrogen-bond donors (Lipinski definition) is 2. The summed E-state index contributed by atoms with van der Waals surface area (Å²) in [7, 11) is 4.28. The molecule has 0 aliphatic carbocycles. The molecule has 24 heavy (non-hydrogen) atoms. The second-order valence-electron chi connectivity index (χ2n) is 6.61. The molecule has 0 aliphatic rings. The fourth-order valence-electron chi connectivity index (χ4n) is 2.61. The Hall–Kier alpha value is -1.55. The average Bonchev–Trinajstić information content (AvgIpc) is 2.57. The molecule has 0 saturated heterocycles. The second kappa shape index (κ2) is 12.8. The van der Waals surface area contributed by atoms with Crippen LogP contribution in [0.5, 0.6) is 0 Å². The first-order valence-corrected chi connectivity index (χ1v) is 9.38. The molecule has 1 unspecified atom stereocenters. The van der Waals surface area contributed by atoms with Crippen molar-refractivity contribution in [1.29, 1.82) is 0 Å². The lowest BCUT2D eigenvalue weighted by atomic mass is 10.1. The maximum absolute atomic E-state index is 4.71. The zero-order valence-electron chi connectivity index (χ0n) is 16.0. The molecular formula is C20H36N4. The molecule has 0 saturated carbocycles. The molecule has 4 nitrogen and oxygen atoms in total. The lowest BCUT2D eigenvalue weighted by Gasteiger charge is -2.18. The highest BCUT2D eigenvalue weighted by Crippen LogP contribution is 2.10. The zero-order chi connectivity index (χ0) is 17.6. The van der Waals surface area contributed by atoms with Crippen LogP contribution in [-0.2, 0) is 0 Å². The monoisotopic (exact) mass is 332 g/mol. The maximum atomic E-state index is 4.71. The van der Waals surface area contributed by atoms with Crippen molar-refractivity contribution in [2.75, 3.05) is 33.7 Å². The number of unbranched alkanes of at least 4 members (excludes halogenated alkanes) is 4. The Kier molecular flexibility index (Phi) is 10.9. The van der Waals surface area contributed by atoms with Gasteiger partial charge in [-0.1, -0.05) is 49.6 Å². The van der Waals surface area contributed by atoms with Gasteiger partial charge in [0.05, 0.1) is 6.04 Å². The van der Waals surface area contributed by atoms with E-state index in [1.807, 2.05) is 6.07 Å². The van der Waals surface area contributed by atoms with Gasteiger partial charge in [0, 0.05) is 13.1 Å². The van der Waals surface area contributed by atoms with Gasteiger partial charge >= 0.3 is 0 Å². The van der Waals surface area contributed by atoms with Gasteiger partial charge in [-0.3, -0.25) is 4.99 Å². The maximum Gasteiger partial charge on any atom is 0.191 e. The fourth-order valence-corrected chi connectivity index (χ4v) is 2.61. The first-order chi connectivity index (χ1) is 11.6. The summed E-state index contributed by atoms with van der Waals surface area (Å²) >= 11 is 0. The molecule has 0 aliphatic heterocycles. The van der Waals surface area contributed by atoms with E-state index in [2.05, 4.69) is 67.7 Å². The van der Waals surface area contributed by atoms with Gasteiger partial charge in [0.2, 0.25) is 0 Å². The van der Waals surface area contributed by atoms with Gasteiger partial charge in [0.25, 0.3) is 0 Å². The molecule has 0 fully saturated rings. The lowest BCUT2D eigenvalue weighted by Crippen LogP contribution is -2.38. The SMILES string of the molecule is CCNC(=NCCCCCCCN(C)C)NC(C)c1ccccc1. The normalized spacial score (nSPS) is 13.1. The number of guanidine groups is 1. The van der Waals surface area contributed by atoms with E-state index < -0.39 is 0 Å².